The second kappa shape index (κ2) is 11.3. The SMILES string of the molecule is CC(C)CCN(C(=O)CCOc1cccc(F)c1)c1c(N)n(Cc2ccccc2)c(=O)[nH]c1=O. The zero-order chi connectivity index (χ0) is 24.7. The van der Waals surface area contributed by atoms with E-state index in [1.807, 2.05) is 44.2 Å². The van der Waals surface area contributed by atoms with Crippen LogP contribution in [0.1, 0.15) is 32.3 Å². The molecule has 0 aliphatic rings. The molecule has 180 valence electrons. The van der Waals surface area contributed by atoms with Crippen LogP contribution in [-0.4, -0.2) is 28.6 Å². The number of H-pyrrole nitrogens is 1. The number of nitrogens with one attached hydrogen (secondary N) is 1. The molecule has 0 aliphatic heterocycles. The lowest BCUT2D eigenvalue weighted by Gasteiger charge is -2.25. The lowest BCUT2D eigenvalue weighted by Crippen LogP contribution is -2.42. The van der Waals surface area contributed by atoms with Crippen LogP contribution < -0.4 is 26.6 Å². The van der Waals surface area contributed by atoms with Gasteiger partial charge in [0.2, 0.25) is 5.91 Å². The molecule has 1 amide bonds. The number of ether oxygens (including phenoxy) is 1. The fourth-order valence-electron chi connectivity index (χ4n) is 3.46. The number of halogens is 1. The Balaban J connectivity index is 1.88. The molecular formula is C25H29FN4O4. The van der Waals surface area contributed by atoms with Crippen LogP contribution in [0.25, 0.3) is 0 Å². The van der Waals surface area contributed by atoms with Gasteiger partial charge in [-0.05, 0) is 30.0 Å². The van der Waals surface area contributed by atoms with Gasteiger partial charge >= 0.3 is 5.69 Å². The van der Waals surface area contributed by atoms with Gasteiger partial charge in [0.05, 0.1) is 19.6 Å². The third kappa shape index (κ3) is 6.34. The summed E-state index contributed by atoms with van der Waals surface area (Å²) in [5.41, 5.74) is 5.67. The Labute approximate surface area is 196 Å². The van der Waals surface area contributed by atoms with Gasteiger partial charge in [-0.15, -0.1) is 0 Å². The Bertz CT molecular complexity index is 1240. The highest BCUT2D eigenvalue weighted by Crippen LogP contribution is 2.20. The fourth-order valence-corrected chi connectivity index (χ4v) is 3.46. The standard InChI is InChI=1S/C25H29FN4O4/c1-17(2)11-13-29(21(31)12-14-34-20-10-6-9-19(26)15-20)22-23(27)30(25(33)28-24(22)32)16-18-7-4-3-5-8-18/h3-10,15,17H,11-14,16,27H2,1-2H3,(H,28,32,33). The van der Waals surface area contributed by atoms with Gasteiger partial charge in [0.1, 0.15) is 17.4 Å². The van der Waals surface area contributed by atoms with Gasteiger partial charge in [-0.25, -0.2) is 9.18 Å². The Hall–Kier alpha value is -3.88. The highest BCUT2D eigenvalue weighted by Gasteiger charge is 2.24. The minimum Gasteiger partial charge on any atom is -0.493 e. The summed E-state index contributed by atoms with van der Waals surface area (Å²) in [6.07, 6.45) is 0.554. The van der Waals surface area contributed by atoms with Crippen molar-refractivity contribution < 1.29 is 13.9 Å². The molecule has 1 aromatic heterocycles. The molecule has 1 heterocycles. The number of anilines is 2. The molecule has 0 bridgehead atoms. The maximum absolute atomic E-state index is 13.4. The average Bonchev–Trinajstić information content (AvgIpc) is 2.79. The number of nitrogens with two attached hydrogens (primary N) is 1. The van der Waals surface area contributed by atoms with Crippen LogP contribution in [0, 0.1) is 11.7 Å². The molecule has 0 unspecified atom stereocenters. The summed E-state index contributed by atoms with van der Waals surface area (Å²) in [4.78, 5) is 42.0. The van der Waals surface area contributed by atoms with Crippen LogP contribution in [0.15, 0.2) is 64.2 Å². The van der Waals surface area contributed by atoms with Gasteiger partial charge in [0.15, 0.2) is 5.69 Å². The fraction of sp³-hybridized carbons (Fsp3) is 0.320. The van der Waals surface area contributed by atoms with Crippen molar-refractivity contribution in [2.75, 3.05) is 23.8 Å². The summed E-state index contributed by atoms with van der Waals surface area (Å²) in [7, 11) is 0. The van der Waals surface area contributed by atoms with Crippen molar-refractivity contribution >= 4 is 17.4 Å². The van der Waals surface area contributed by atoms with Crippen LogP contribution in [-0.2, 0) is 11.3 Å². The quantitative estimate of drug-likeness (QED) is 0.475. The van der Waals surface area contributed by atoms with Gasteiger partial charge in [0.25, 0.3) is 5.56 Å². The first-order valence-electron chi connectivity index (χ1n) is 11.1. The van der Waals surface area contributed by atoms with Crippen LogP contribution in [0.4, 0.5) is 15.9 Å². The number of nitrogens with zero attached hydrogens (tertiary/aromatic N) is 2. The van der Waals surface area contributed by atoms with E-state index in [1.165, 1.54) is 27.7 Å². The number of aromatic nitrogens is 2. The van der Waals surface area contributed by atoms with E-state index in [4.69, 9.17) is 10.5 Å². The first-order chi connectivity index (χ1) is 16.3. The summed E-state index contributed by atoms with van der Waals surface area (Å²) in [6, 6.07) is 14.8. The number of amides is 1. The Morgan fingerprint density at radius 1 is 1.15 bits per heavy atom. The number of aromatic amines is 1. The molecule has 0 spiro atoms. The maximum atomic E-state index is 13.4. The summed E-state index contributed by atoms with van der Waals surface area (Å²) in [5.74, 6) is -0.355. The molecular weight excluding hydrogens is 439 g/mol. The van der Waals surface area contributed by atoms with E-state index in [2.05, 4.69) is 4.98 Å². The number of rotatable bonds is 10. The monoisotopic (exact) mass is 468 g/mol. The number of carbonyl (C=O) groups excluding carboxylic acids is 1. The molecule has 0 fully saturated rings. The third-order valence-electron chi connectivity index (χ3n) is 5.28. The second-order valence-electron chi connectivity index (χ2n) is 8.35. The van der Waals surface area contributed by atoms with Crippen molar-refractivity contribution in [3.8, 4) is 5.75 Å². The van der Waals surface area contributed by atoms with E-state index in [9.17, 15) is 18.8 Å². The normalized spacial score (nSPS) is 10.9. The minimum absolute atomic E-state index is 0.0120. The predicted molar refractivity (Wildman–Crippen MR) is 130 cm³/mol. The van der Waals surface area contributed by atoms with Crippen LogP contribution >= 0.6 is 0 Å². The number of carbonyl (C=O) groups is 1. The summed E-state index contributed by atoms with van der Waals surface area (Å²) < 4.78 is 20.1. The molecule has 3 aromatic rings. The van der Waals surface area contributed by atoms with Crippen molar-refractivity contribution in [1.82, 2.24) is 9.55 Å². The Morgan fingerprint density at radius 3 is 2.56 bits per heavy atom. The molecule has 2 aromatic carbocycles. The number of hydrogen-bond acceptors (Lipinski definition) is 5. The molecule has 3 rings (SSSR count). The first-order valence-corrected chi connectivity index (χ1v) is 11.1. The number of benzene rings is 2. The molecule has 0 atom stereocenters. The van der Waals surface area contributed by atoms with Crippen molar-refractivity contribution in [1.29, 1.82) is 0 Å². The minimum atomic E-state index is -0.727. The van der Waals surface area contributed by atoms with Gasteiger partial charge in [-0.2, -0.15) is 0 Å². The van der Waals surface area contributed by atoms with E-state index in [0.29, 0.717) is 12.2 Å². The molecule has 34 heavy (non-hydrogen) atoms. The number of nitrogen functional groups attached to an aromatic ring is 1. The molecule has 8 nitrogen and oxygen atoms in total. The summed E-state index contributed by atoms with van der Waals surface area (Å²) in [6.45, 7) is 4.37. The summed E-state index contributed by atoms with van der Waals surface area (Å²) in [5, 5.41) is 0. The smallest absolute Gasteiger partial charge is 0.330 e. The molecule has 3 N–H and O–H groups in total. The highest BCUT2D eigenvalue weighted by molar-refractivity contribution is 5.95. The van der Waals surface area contributed by atoms with Crippen molar-refractivity contribution in [3.05, 3.63) is 86.8 Å². The van der Waals surface area contributed by atoms with E-state index in [1.54, 1.807) is 6.07 Å². The van der Waals surface area contributed by atoms with E-state index in [0.717, 1.165) is 5.56 Å². The summed E-state index contributed by atoms with van der Waals surface area (Å²) >= 11 is 0. The zero-order valence-corrected chi connectivity index (χ0v) is 19.3. The molecule has 0 saturated heterocycles. The Morgan fingerprint density at radius 2 is 1.88 bits per heavy atom. The van der Waals surface area contributed by atoms with Gasteiger partial charge in [-0.1, -0.05) is 50.2 Å². The predicted octanol–water partition coefficient (Wildman–Crippen LogP) is 3.15. The molecule has 0 saturated carbocycles. The topological polar surface area (TPSA) is 110 Å². The maximum Gasteiger partial charge on any atom is 0.330 e. The van der Waals surface area contributed by atoms with Gasteiger partial charge in [-0.3, -0.25) is 19.1 Å². The highest BCUT2D eigenvalue weighted by atomic mass is 19.1. The van der Waals surface area contributed by atoms with Crippen LogP contribution in [0.2, 0.25) is 0 Å². The van der Waals surface area contributed by atoms with E-state index in [-0.39, 0.29) is 49.4 Å². The van der Waals surface area contributed by atoms with Gasteiger partial charge in [0, 0.05) is 12.6 Å². The zero-order valence-electron chi connectivity index (χ0n) is 19.3. The number of hydrogen-bond donors (Lipinski definition) is 2. The lowest BCUT2D eigenvalue weighted by atomic mass is 10.1. The van der Waals surface area contributed by atoms with Gasteiger partial charge < -0.3 is 15.4 Å². The molecule has 9 heteroatoms. The Kier molecular flexibility index (Phi) is 8.24. The van der Waals surface area contributed by atoms with Crippen molar-refractivity contribution in [3.63, 3.8) is 0 Å². The van der Waals surface area contributed by atoms with Crippen molar-refractivity contribution in [2.24, 2.45) is 5.92 Å². The van der Waals surface area contributed by atoms with Crippen LogP contribution in [0.3, 0.4) is 0 Å². The molecule has 0 radical (unpaired) electrons. The second-order valence-corrected chi connectivity index (χ2v) is 8.35. The lowest BCUT2D eigenvalue weighted by molar-refractivity contribution is -0.119. The van der Waals surface area contributed by atoms with E-state index < -0.39 is 17.1 Å². The first kappa shape index (κ1) is 24.8. The van der Waals surface area contributed by atoms with Crippen molar-refractivity contribution in [2.45, 2.75) is 33.2 Å². The largest absolute Gasteiger partial charge is 0.493 e. The molecule has 0 aliphatic carbocycles. The average molecular weight is 469 g/mol. The third-order valence-corrected chi connectivity index (χ3v) is 5.28. The van der Waals surface area contributed by atoms with Crippen LogP contribution in [0.5, 0.6) is 5.75 Å². The van der Waals surface area contributed by atoms with E-state index >= 15 is 0 Å².